The molecule has 0 saturated heterocycles. The molecule has 0 aliphatic carbocycles. The zero-order chi connectivity index (χ0) is 14.5. The Morgan fingerprint density at radius 3 is 2.75 bits per heavy atom. The van der Waals surface area contributed by atoms with Gasteiger partial charge in [-0.3, -0.25) is 4.68 Å². The van der Waals surface area contributed by atoms with Crippen LogP contribution in [0.2, 0.25) is 0 Å². The standard InChI is InChI=1S/C15H25N5/c1-4-12(3)20-7-6-14(18-20)9-19-10-15(17-11-19)8-13(16)5-2/h6-7,10-13H,4-5,8-9,16H2,1-3H3. The minimum absolute atomic E-state index is 0.197. The first-order chi connectivity index (χ1) is 9.62. The number of imidazole rings is 1. The Kier molecular flexibility index (Phi) is 4.95. The van der Waals surface area contributed by atoms with Gasteiger partial charge in [-0.25, -0.2) is 4.98 Å². The monoisotopic (exact) mass is 275 g/mol. The van der Waals surface area contributed by atoms with Gasteiger partial charge >= 0.3 is 0 Å². The number of aromatic nitrogens is 4. The van der Waals surface area contributed by atoms with Crippen molar-refractivity contribution in [3.8, 4) is 0 Å². The van der Waals surface area contributed by atoms with E-state index >= 15 is 0 Å². The number of nitrogens with zero attached hydrogens (tertiary/aromatic N) is 4. The van der Waals surface area contributed by atoms with Gasteiger partial charge in [0.1, 0.15) is 0 Å². The summed E-state index contributed by atoms with van der Waals surface area (Å²) in [6, 6.07) is 2.72. The molecule has 0 spiro atoms. The molecule has 0 saturated carbocycles. The fraction of sp³-hybridized carbons (Fsp3) is 0.600. The van der Waals surface area contributed by atoms with Gasteiger partial charge in [0.05, 0.1) is 24.3 Å². The summed E-state index contributed by atoms with van der Waals surface area (Å²) in [6.45, 7) is 7.21. The maximum atomic E-state index is 5.95. The Bertz CT molecular complexity index is 528. The van der Waals surface area contributed by atoms with Crippen LogP contribution in [0.5, 0.6) is 0 Å². The Morgan fingerprint density at radius 2 is 2.05 bits per heavy atom. The van der Waals surface area contributed by atoms with Crippen molar-refractivity contribution in [3.05, 3.63) is 36.2 Å². The second kappa shape index (κ2) is 6.70. The Balaban J connectivity index is 1.98. The third-order valence-corrected chi connectivity index (χ3v) is 3.73. The highest BCUT2D eigenvalue weighted by Crippen LogP contribution is 2.10. The molecular weight excluding hydrogens is 250 g/mol. The van der Waals surface area contributed by atoms with Crippen molar-refractivity contribution in [2.75, 3.05) is 0 Å². The molecule has 0 amide bonds. The van der Waals surface area contributed by atoms with Crippen LogP contribution in [0.4, 0.5) is 0 Å². The molecule has 2 atom stereocenters. The van der Waals surface area contributed by atoms with Crippen LogP contribution >= 0.6 is 0 Å². The molecule has 2 aromatic heterocycles. The summed E-state index contributed by atoms with van der Waals surface area (Å²) in [6.07, 6.45) is 8.88. The second-order valence-corrected chi connectivity index (χ2v) is 5.45. The first kappa shape index (κ1) is 14.8. The number of hydrogen-bond donors (Lipinski definition) is 1. The summed E-state index contributed by atoms with van der Waals surface area (Å²) < 4.78 is 4.10. The van der Waals surface area contributed by atoms with Crippen LogP contribution in [0.3, 0.4) is 0 Å². The van der Waals surface area contributed by atoms with Crippen molar-refractivity contribution in [1.82, 2.24) is 19.3 Å². The molecule has 2 rings (SSSR count). The van der Waals surface area contributed by atoms with E-state index in [9.17, 15) is 0 Å². The lowest BCUT2D eigenvalue weighted by Gasteiger charge is -2.08. The lowest BCUT2D eigenvalue weighted by molar-refractivity contribution is 0.472. The van der Waals surface area contributed by atoms with E-state index in [0.717, 1.165) is 37.2 Å². The highest BCUT2D eigenvalue weighted by atomic mass is 15.3. The van der Waals surface area contributed by atoms with E-state index in [-0.39, 0.29) is 6.04 Å². The minimum Gasteiger partial charge on any atom is -0.331 e. The quantitative estimate of drug-likeness (QED) is 0.844. The second-order valence-electron chi connectivity index (χ2n) is 5.45. The number of hydrogen-bond acceptors (Lipinski definition) is 3. The van der Waals surface area contributed by atoms with Crippen molar-refractivity contribution in [1.29, 1.82) is 0 Å². The molecule has 5 nitrogen and oxygen atoms in total. The van der Waals surface area contributed by atoms with Crippen molar-refractivity contribution in [3.63, 3.8) is 0 Å². The van der Waals surface area contributed by atoms with Crippen LogP contribution in [0.1, 0.15) is 51.0 Å². The average Bonchev–Trinajstić information content (AvgIpc) is 3.08. The molecule has 0 bridgehead atoms. The smallest absolute Gasteiger partial charge is 0.0953 e. The van der Waals surface area contributed by atoms with Gasteiger partial charge in [-0.15, -0.1) is 0 Å². The summed E-state index contributed by atoms with van der Waals surface area (Å²) >= 11 is 0. The molecule has 2 unspecified atom stereocenters. The van der Waals surface area contributed by atoms with E-state index < -0.39 is 0 Å². The lowest BCUT2D eigenvalue weighted by Crippen LogP contribution is -2.21. The highest BCUT2D eigenvalue weighted by molar-refractivity contribution is 5.04. The zero-order valence-corrected chi connectivity index (χ0v) is 12.7. The van der Waals surface area contributed by atoms with E-state index in [0.29, 0.717) is 6.04 Å². The van der Waals surface area contributed by atoms with Crippen LogP contribution < -0.4 is 5.73 Å². The zero-order valence-electron chi connectivity index (χ0n) is 12.7. The largest absolute Gasteiger partial charge is 0.331 e. The Morgan fingerprint density at radius 1 is 1.25 bits per heavy atom. The van der Waals surface area contributed by atoms with Crippen LogP contribution in [0, 0.1) is 0 Å². The third kappa shape index (κ3) is 3.70. The summed E-state index contributed by atoms with van der Waals surface area (Å²) in [4.78, 5) is 4.41. The molecule has 0 radical (unpaired) electrons. The fourth-order valence-corrected chi connectivity index (χ4v) is 2.09. The Labute approximate surface area is 120 Å². The van der Waals surface area contributed by atoms with Crippen molar-refractivity contribution in [2.45, 2.75) is 58.7 Å². The van der Waals surface area contributed by atoms with E-state index in [1.165, 1.54) is 0 Å². The van der Waals surface area contributed by atoms with Crippen molar-refractivity contribution >= 4 is 0 Å². The first-order valence-corrected chi connectivity index (χ1v) is 7.42. The van der Waals surface area contributed by atoms with Crippen LogP contribution in [-0.4, -0.2) is 25.4 Å². The molecule has 0 aliphatic rings. The van der Waals surface area contributed by atoms with Crippen LogP contribution in [0.25, 0.3) is 0 Å². The molecule has 20 heavy (non-hydrogen) atoms. The molecular formula is C15H25N5. The molecule has 2 N–H and O–H groups in total. The number of rotatable bonds is 7. The summed E-state index contributed by atoms with van der Waals surface area (Å²) in [5, 5.41) is 4.61. The van der Waals surface area contributed by atoms with Gasteiger partial charge in [-0.05, 0) is 25.8 Å². The third-order valence-electron chi connectivity index (χ3n) is 3.73. The normalized spacial score (nSPS) is 14.4. The molecule has 110 valence electrons. The van der Waals surface area contributed by atoms with E-state index in [2.05, 4.69) is 47.7 Å². The molecule has 2 aromatic rings. The molecule has 0 aromatic carbocycles. The van der Waals surface area contributed by atoms with E-state index in [1.54, 1.807) is 0 Å². The molecule has 2 heterocycles. The summed E-state index contributed by atoms with van der Waals surface area (Å²) in [7, 11) is 0. The van der Waals surface area contributed by atoms with E-state index in [4.69, 9.17) is 5.73 Å². The predicted molar refractivity (Wildman–Crippen MR) is 80.5 cm³/mol. The average molecular weight is 275 g/mol. The van der Waals surface area contributed by atoms with Crippen LogP contribution in [0.15, 0.2) is 24.8 Å². The van der Waals surface area contributed by atoms with Crippen LogP contribution in [-0.2, 0) is 13.0 Å². The maximum Gasteiger partial charge on any atom is 0.0953 e. The van der Waals surface area contributed by atoms with Gasteiger partial charge in [0.25, 0.3) is 0 Å². The molecule has 0 aliphatic heterocycles. The van der Waals surface area contributed by atoms with Crippen molar-refractivity contribution in [2.24, 2.45) is 5.73 Å². The summed E-state index contributed by atoms with van der Waals surface area (Å²) in [5.41, 5.74) is 8.07. The summed E-state index contributed by atoms with van der Waals surface area (Å²) in [5.74, 6) is 0. The molecule has 0 fully saturated rings. The Hall–Kier alpha value is -1.62. The molecule has 5 heteroatoms. The first-order valence-electron chi connectivity index (χ1n) is 7.42. The minimum atomic E-state index is 0.197. The number of nitrogens with two attached hydrogens (primary N) is 1. The topological polar surface area (TPSA) is 61.7 Å². The predicted octanol–water partition coefficient (Wildman–Crippen LogP) is 2.38. The van der Waals surface area contributed by atoms with E-state index in [1.807, 2.05) is 17.2 Å². The van der Waals surface area contributed by atoms with Gasteiger partial charge in [0.15, 0.2) is 0 Å². The SMILES string of the molecule is CCC(N)Cc1cn(Cc2ccn(C(C)CC)n2)cn1. The maximum absolute atomic E-state index is 5.95. The van der Waals surface area contributed by atoms with Gasteiger partial charge in [-0.2, -0.15) is 5.10 Å². The lowest BCUT2D eigenvalue weighted by atomic mass is 10.1. The highest BCUT2D eigenvalue weighted by Gasteiger charge is 2.07. The van der Waals surface area contributed by atoms with Gasteiger partial charge in [-0.1, -0.05) is 13.8 Å². The van der Waals surface area contributed by atoms with Crippen molar-refractivity contribution < 1.29 is 0 Å². The fourth-order valence-electron chi connectivity index (χ4n) is 2.09. The van der Waals surface area contributed by atoms with Gasteiger partial charge in [0, 0.05) is 30.9 Å². The van der Waals surface area contributed by atoms with Gasteiger partial charge in [0.2, 0.25) is 0 Å². The van der Waals surface area contributed by atoms with Gasteiger partial charge < -0.3 is 10.3 Å².